The number of hydrogen-bond donors (Lipinski definition) is 2. The lowest BCUT2D eigenvalue weighted by Crippen LogP contribution is -2.16. The van der Waals surface area contributed by atoms with Crippen molar-refractivity contribution in [2.75, 3.05) is 5.32 Å². The highest BCUT2D eigenvalue weighted by Crippen LogP contribution is 2.23. The van der Waals surface area contributed by atoms with Crippen LogP contribution in [-0.4, -0.2) is 21.1 Å². The van der Waals surface area contributed by atoms with Crippen LogP contribution in [0.3, 0.4) is 0 Å². The van der Waals surface area contributed by atoms with E-state index in [1.807, 2.05) is 12.1 Å². The molecule has 0 fully saturated rings. The summed E-state index contributed by atoms with van der Waals surface area (Å²) >= 11 is 3.10. The molecular formula is C15H12BrFN6O. The van der Waals surface area contributed by atoms with Crippen molar-refractivity contribution in [3.05, 3.63) is 64.3 Å². The summed E-state index contributed by atoms with van der Waals surface area (Å²) in [5.74, 6) is 0.0940. The van der Waals surface area contributed by atoms with Crippen molar-refractivity contribution in [2.24, 2.45) is 10.7 Å². The molecule has 9 heteroatoms. The van der Waals surface area contributed by atoms with Crippen LogP contribution in [0.15, 0.2) is 56.8 Å². The maximum Gasteiger partial charge on any atom is 0.202 e. The van der Waals surface area contributed by atoms with Crippen LogP contribution >= 0.6 is 15.9 Å². The van der Waals surface area contributed by atoms with Gasteiger partial charge in [0.25, 0.3) is 0 Å². The second-order valence-electron chi connectivity index (χ2n) is 4.77. The predicted molar refractivity (Wildman–Crippen MR) is 90.3 cm³/mol. The summed E-state index contributed by atoms with van der Waals surface area (Å²) in [6.45, 7) is 0.499. The van der Waals surface area contributed by atoms with E-state index in [2.05, 4.69) is 41.5 Å². The first-order valence-electron chi connectivity index (χ1n) is 6.88. The van der Waals surface area contributed by atoms with Gasteiger partial charge in [0.05, 0.1) is 10.2 Å². The van der Waals surface area contributed by atoms with Gasteiger partial charge in [-0.15, -0.1) is 0 Å². The highest BCUT2D eigenvalue weighted by molar-refractivity contribution is 9.10. The summed E-state index contributed by atoms with van der Waals surface area (Å²) in [7, 11) is 0. The minimum absolute atomic E-state index is 0.104. The topological polar surface area (TPSA) is 102 Å². The second-order valence-corrected chi connectivity index (χ2v) is 5.62. The summed E-state index contributed by atoms with van der Waals surface area (Å²) in [6, 6.07) is 8.05. The molecule has 122 valence electrons. The Morgan fingerprint density at radius 3 is 2.79 bits per heavy atom. The molecule has 24 heavy (non-hydrogen) atoms. The smallest absolute Gasteiger partial charge is 0.202 e. The summed E-state index contributed by atoms with van der Waals surface area (Å²) < 4.78 is 18.3. The molecule has 0 aliphatic heterocycles. The predicted octanol–water partition coefficient (Wildman–Crippen LogP) is 3.02. The lowest BCUT2D eigenvalue weighted by Gasteiger charge is -2.04. The van der Waals surface area contributed by atoms with Gasteiger partial charge in [0.2, 0.25) is 5.82 Å². The summed E-state index contributed by atoms with van der Waals surface area (Å²) in [5.41, 5.74) is 7.73. The second kappa shape index (κ2) is 7.18. The van der Waals surface area contributed by atoms with E-state index < -0.39 is 0 Å². The van der Waals surface area contributed by atoms with Crippen molar-refractivity contribution in [1.29, 1.82) is 0 Å². The fourth-order valence-electron chi connectivity index (χ4n) is 1.91. The fourth-order valence-corrected chi connectivity index (χ4v) is 2.27. The number of rotatable bonds is 5. The maximum atomic E-state index is 13.3. The zero-order valence-corrected chi connectivity index (χ0v) is 13.9. The summed E-state index contributed by atoms with van der Waals surface area (Å²) in [4.78, 5) is 8.16. The Morgan fingerprint density at radius 1 is 1.25 bits per heavy atom. The van der Waals surface area contributed by atoms with Crippen molar-refractivity contribution in [2.45, 2.75) is 6.54 Å². The lowest BCUT2D eigenvalue weighted by atomic mass is 10.2. The van der Waals surface area contributed by atoms with E-state index in [4.69, 9.17) is 10.4 Å². The minimum atomic E-state index is -0.379. The first kappa shape index (κ1) is 16.1. The Morgan fingerprint density at radius 2 is 2.04 bits per heavy atom. The summed E-state index contributed by atoms with van der Waals surface area (Å²) in [5, 5.41) is 10.6. The largest absolute Gasteiger partial charge is 0.382 e. The monoisotopic (exact) mass is 390 g/mol. The van der Waals surface area contributed by atoms with Crippen LogP contribution in [0.2, 0.25) is 0 Å². The van der Waals surface area contributed by atoms with Crippen molar-refractivity contribution < 1.29 is 9.02 Å². The first-order valence-corrected chi connectivity index (χ1v) is 7.67. The number of nitrogens with one attached hydrogen (secondary N) is 1. The van der Waals surface area contributed by atoms with Crippen molar-refractivity contribution >= 4 is 33.3 Å². The van der Waals surface area contributed by atoms with Crippen LogP contribution < -0.4 is 11.1 Å². The molecule has 0 radical (unpaired) electrons. The number of aromatic nitrogens is 3. The number of halogens is 2. The standard InChI is InChI=1S/C15H12BrFN6O/c16-11-7-10(1-2-12(11)17)21-14(18)13-15(23-24-22-13)20-8-9-3-5-19-6-4-9/h1-7H,8H2,(H2,18,21)(H,20,23). The molecule has 0 amide bonds. The third-order valence-corrected chi connectivity index (χ3v) is 3.70. The Hall–Kier alpha value is -2.81. The van der Waals surface area contributed by atoms with Gasteiger partial charge in [-0.1, -0.05) is 0 Å². The van der Waals surface area contributed by atoms with Crippen LogP contribution in [0.1, 0.15) is 11.3 Å². The van der Waals surface area contributed by atoms with E-state index in [1.54, 1.807) is 12.4 Å². The molecule has 0 saturated carbocycles. The molecule has 1 aromatic carbocycles. The van der Waals surface area contributed by atoms with E-state index in [0.29, 0.717) is 22.5 Å². The molecule has 0 spiro atoms. The van der Waals surface area contributed by atoms with E-state index in [-0.39, 0.29) is 17.3 Å². The van der Waals surface area contributed by atoms with Crippen LogP contribution in [-0.2, 0) is 6.54 Å². The number of pyridine rings is 1. The number of anilines is 1. The van der Waals surface area contributed by atoms with Crippen LogP contribution in [0.4, 0.5) is 15.9 Å². The van der Waals surface area contributed by atoms with Crippen LogP contribution in [0.25, 0.3) is 0 Å². The van der Waals surface area contributed by atoms with E-state index in [0.717, 1.165) is 5.56 Å². The van der Waals surface area contributed by atoms with Gasteiger partial charge in [-0.25, -0.2) is 14.0 Å². The SMILES string of the molecule is NC(=Nc1ccc(F)c(Br)c1)c1nonc1NCc1ccncc1. The molecule has 3 aromatic rings. The zero-order valence-electron chi connectivity index (χ0n) is 12.3. The Balaban J connectivity index is 1.78. The third kappa shape index (κ3) is 3.74. The highest BCUT2D eigenvalue weighted by Gasteiger charge is 2.14. The Kier molecular flexibility index (Phi) is 4.80. The quantitative estimate of drug-likeness (QED) is 0.512. The van der Waals surface area contributed by atoms with Gasteiger partial charge in [-0.2, -0.15) is 0 Å². The number of nitrogens with two attached hydrogens (primary N) is 1. The third-order valence-electron chi connectivity index (χ3n) is 3.09. The molecule has 0 aliphatic carbocycles. The average Bonchev–Trinajstić information content (AvgIpc) is 3.06. The highest BCUT2D eigenvalue weighted by atomic mass is 79.9. The van der Waals surface area contributed by atoms with Gasteiger partial charge in [0.1, 0.15) is 5.82 Å². The number of aliphatic imine (C=N–C) groups is 1. The van der Waals surface area contributed by atoms with Gasteiger partial charge in [0.15, 0.2) is 11.5 Å². The zero-order chi connectivity index (χ0) is 16.9. The molecule has 0 bridgehead atoms. The molecule has 3 rings (SSSR count). The van der Waals surface area contributed by atoms with Gasteiger partial charge in [-0.05, 0) is 62.1 Å². The van der Waals surface area contributed by atoms with Crippen LogP contribution in [0, 0.1) is 5.82 Å². The van der Waals surface area contributed by atoms with Gasteiger partial charge in [-0.3, -0.25) is 4.98 Å². The molecule has 2 aromatic heterocycles. The number of benzene rings is 1. The molecule has 3 N–H and O–H groups in total. The number of nitrogens with zero attached hydrogens (tertiary/aromatic N) is 4. The average molecular weight is 391 g/mol. The summed E-state index contributed by atoms with van der Waals surface area (Å²) in [6.07, 6.45) is 3.39. The Bertz CT molecular complexity index is 867. The van der Waals surface area contributed by atoms with Gasteiger partial charge < -0.3 is 11.1 Å². The molecular weight excluding hydrogens is 379 g/mol. The lowest BCUT2D eigenvalue weighted by molar-refractivity contribution is 0.307. The number of hydrogen-bond acceptors (Lipinski definition) is 6. The maximum absolute atomic E-state index is 13.3. The van der Waals surface area contributed by atoms with E-state index in [9.17, 15) is 4.39 Å². The number of amidine groups is 1. The Labute approximate surface area is 144 Å². The molecule has 0 atom stereocenters. The van der Waals surface area contributed by atoms with Gasteiger partial charge in [0, 0.05) is 18.9 Å². The van der Waals surface area contributed by atoms with Gasteiger partial charge >= 0.3 is 0 Å². The molecule has 0 unspecified atom stereocenters. The van der Waals surface area contributed by atoms with E-state index >= 15 is 0 Å². The van der Waals surface area contributed by atoms with E-state index in [1.165, 1.54) is 18.2 Å². The normalized spacial score (nSPS) is 11.5. The van der Waals surface area contributed by atoms with Crippen LogP contribution in [0.5, 0.6) is 0 Å². The molecule has 0 aliphatic rings. The molecule has 7 nitrogen and oxygen atoms in total. The fraction of sp³-hybridized carbons (Fsp3) is 0.0667. The van der Waals surface area contributed by atoms with Crippen molar-refractivity contribution in [3.8, 4) is 0 Å². The minimum Gasteiger partial charge on any atom is -0.382 e. The molecule has 2 heterocycles. The van der Waals surface area contributed by atoms with Crippen molar-refractivity contribution in [3.63, 3.8) is 0 Å². The first-order chi connectivity index (χ1) is 11.6. The van der Waals surface area contributed by atoms with Crippen molar-refractivity contribution in [1.82, 2.24) is 15.3 Å². The molecule has 0 saturated heterocycles.